The first-order valence-electron chi connectivity index (χ1n) is 7.06. The van der Waals surface area contributed by atoms with E-state index in [1.807, 2.05) is 0 Å². The topological polar surface area (TPSA) is 38.0 Å². The lowest BCUT2D eigenvalue weighted by Crippen LogP contribution is -2.42. The Morgan fingerprint density at radius 1 is 1.30 bits per heavy atom. The number of rotatable bonds is 4. The number of nitrogens with two attached hydrogens (primary N) is 1. The minimum absolute atomic E-state index is 0.307. The van der Waals surface area contributed by atoms with Gasteiger partial charge in [-0.3, -0.25) is 11.3 Å². The van der Waals surface area contributed by atoms with Gasteiger partial charge in [-0.1, -0.05) is 24.3 Å². The molecule has 106 valence electrons. The monoisotopic (exact) mass is 350 g/mol. The van der Waals surface area contributed by atoms with Crippen LogP contribution in [0, 0.1) is 0 Å². The van der Waals surface area contributed by atoms with Crippen LogP contribution in [-0.2, 0) is 12.8 Å². The molecule has 20 heavy (non-hydrogen) atoms. The molecule has 0 amide bonds. The molecule has 2 atom stereocenters. The fourth-order valence-corrected chi connectivity index (χ4v) is 4.75. The second-order valence-electron chi connectivity index (χ2n) is 5.38. The van der Waals surface area contributed by atoms with E-state index < -0.39 is 0 Å². The second-order valence-corrected chi connectivity index (χ2v) is 7.93. The van der Waals surface area contributed by atoms with E-state index in [-0.39, 0.29) is 0 Å². The zero-order valence-electron chi connectivity index (χ0n) is 11.3. The standard InChI is InChI=1S/C16H19BrN2S/c17-16-9-8-12(20-16)10-15(19-18)14-7-3-5-11-4-1-2-6-13(11)14/h1-2,4,6,8-9,14-15,19H,3,5,7,10,18H2. The fraction of sp³-hybridized carbons (Fsp3) is 0.375. The summed E-state index contributed by atoms with van der Waals surface area (Å²) in [6.07, 6.45) is 4.67. The van der Waals surface area contributed by atoms with E-state index in [1.54, 1.807) is 11.3 Å². The van der Waals surface area contributed by atoms with E-state index in [1.165, 1.54) is 39.1 Å². The van der Waals surface area contributed by atoms with Crippen LogP contribution in [0.3, 0.4) is 0 Å². The van der Waals surface area contributed by atoms with Gasteiger partial charge in [-0.15, -0.1) is 11.3 Å². The Balaban J connectivity index is 1.83. The van der Waals surface area contributed by atoms with Crippen molar-refractivity contribution in [2.24, 2.45) is 5.84 Å². The van der Waals surface area contributed by atoms with E-state index in [4.69, 9.17) is 5.84 Å². The molecular weight excluding hydrogens is 332 g/mol. The Hall–Kier alpha value is -0.680. The summed E-state index contributed by atoms with van der Waals surface area (Å²) in [7, 11) is 0. The van der Waals surface area contributed by atoms with Crippen molar-refractivity contribution in [3.63, 3.8) is 0 Å². The maximum absolute atomic E-state index is 5.86. The molecule has 4 heteroatoms. The van der Waals surface area contributed by atoms with Crippen molar-refractivity contribution >= 4 is 27.3 Å². The molecule has 0 saturated heterocycles. The van der Waals surface area contributed by atoms with Crippen LogP contribution >= 0.6 is 27.3 Å². The molecule has 2 nitrogen and oxygen atoms in total. The van der Waals surface area contributed by atoms with Crippen molar-refractivity contribution in [1.29, 1.82) is 0 Å². The number of halogens is 1. The first kappa shape index (κ1) is 14.3. The lowest BCUT2D eigenvalue weighted by atomic mass is 9.78. The molecule has 0 saturated carbocycles. The number of hydrazine groups is 1. The summed E-state index contributed by atoms with van der Waals surface area (Å²) >= 11 is 5.33. The van der Waals surface area contributed by atoms with Crippen molar-refractivity contribution in [3.05, 3.63) is 56.2 Å². The predicted molar refractivity (Wildman–Crippen MR) is 89.0 cm³/mol. The lowest BCUT2D eigenvalue weighted by Gasteiger charge is -2.32. The number of hydrogen-bond acceptors (Lipinski definition) is 3. The number of benzene rings is 1. The van der Waals surface area contributed by atoms with E-state index in [0.717, 1.165) is 6.42 Å². The van der Waals surface area contributed by atoms with Crippen LogP contribution in [0.15, 0.2) is 40.2 Å². The predicted octanol–water partition coefficient (Wildman–Crippen LogP) is 4.01. The molecule has 1 aliphatic rings. The zero-order chi connectivity index (χ0) is 13.9. The van der Waals surface area contributed by atoms with Crippen LogP contribution in [-0.4, -0.2) is 6.04 Å². The lowest BCUT2D eigenvalue weighted by molar-refractivity contribution is 0.396. The van der Waals surface area contributed by atoms with Crippen LogP contribution in [0.2, 0.25) is 0 Å². The van der Waals surface area contributed by atoms with Crippen molar-refractivity contribution in [2.75, 3.05) is 0 Å². The number of thiophene rings is 1. The molecule has 0 aliphatic heterocycles. The van der Waals surface area contributed by atoms with Crippen molar-refractivity contribution < 1.29 is 0 Å². The number of fused-ring (bicyclic) bond motifs is 1. The number of aryl methyl sites for hydroxylation is 1. The minimum atomic E-state index is 0.307. The molecule has 1 aliphatic carbocycles. The Labute approximate surface area is 132 Å². The molecule has 3 rings (SSSR count). The summed E-state index contributed by atoms with van der Waals surface area (Å²) < 4.78 is 1.19. The summed E-state index contributed by atoms with van der Waals surface area (Å²) in [4.78, 5) is 1.38. The van der Waals surface area contributed by atoms with Gasteiger partial charge >= 0.3 is 0 Å². The van der Waals surface area contributed by atoms with Crippen LogP contribution in [0.1, 0.15) is 34.8 Å². The van der Waals surface area contributed by atoms with Gasteiger partial charge in [0.05, 0.1) is 3.79 Å². The normalized spacial score (nSPS) is 19.6. The third kappa shape index (κ3) is 2.98. The van der Waals surface area contributed by atoms with E-state index in [0.29, 0.717) is 12.0 Å². The van der Waals surface area contributed by atoms with Gasteiger partial charge in [0.1, 0.15) is 0 Å². The Kier molecular flexibility index (Phi) is 4.56. The molecule has 3 N–H and O–H groups in total. The van der Waals surface area contributed by atoms with Crippen molar-refractivity contribution in [1.82, 2.24) is 5.43 Å². The maximum atomic E-state index is 5.86. The third-order valence-electron chi connectivity index (χ3n) is 4.17. The average Bonchev–Trinajstić information content (AvgIpc) is 2.89. The molecule has 1 aromatic heterocycles. The number of nitrogens with one attached hydrogen (secondary N) is 1. The number of hydrogen-bond donors (Lipinski definition) is 2. The van der Waals surface area contributed by atoms with E-state index >= 15 is 0 Å². The average molecular weight is 351 g/mol. The Morgan fingerprint density at radius 3 is 2.90 bits per heavy atom. The molecule has 0 fully saturated rings. The Bertz CT molecular complexity index is 581. The van der Waals surface area contributed by atoms with Gasteiger partial charge in [0.2, 0.25) is 0 Å². The van der Waals surface area contributed by atoms with Gasteiger partial charge in [0, 0.05) is 16.8 Å². The molecule has 0 radical (unpaired) electrons. The fourth-order valence-electron chi connectivity index (χ4n) is 3.20. The van der Waals surface area contributed by atoms with Crippen LogP contribution in [0.25, 0.3) is 0 Å². The van der Waals surface area contributed by atoms with Gasteiger partial charge in [0.25, 0.3) is 0 Å². The van der Waals surface area contributed by atoms with Gasteiger partial charge in [0.15, 0.2) is 0 Å². The summed E-state index contributed by atoms with van der Waals surface area (Å²) in [5.74, 6) is 6.38. The van der Waals surface area contributed by atoms with Crippen molar-refractivity contribution in [3.8, 4) is 0 Å². The summed E-state index contributed by atoms with van der Waals surface area (Å²) in [6.45, 7) is 0. The molecule has 1 heterocycles. The zero-order valence-corrected chi connectivity index (χ0v) is 13.7. The highest BCUT2D eigenvalue weighted by Crippen LogP contribution is 2.35. The third-order valence-corrected chi connectivity index (χ3v) is 5.81. The highest BCUT2D eigenvalue weighted by atomic mass is 79.9. The van der Waals surface area contributed by atoms with Crippen LogP contribution in [0.4, 0.5) is 0 Å². The summed E-state index contributed by atoms with van der Waals surface area (Å²) in [5.41, 5.74) is 6.04. The molecule has 2 unspecified atom stereocenters. The molecule has 0 spiro atoms. The van der Waals surface area contributed by atoms with E-state index in [9.17, 15) is 0 Å². The molecular formula is C16H19BrN2S. The Morgan fingerprint density at radius 2 is 2.15 bits per heavy atom. The van der Waals surface area contributed by atoms with Gasteiger partial charge in [-0.2, -0.15) is 0 Å². The first-order chi connectivity index (χ1) is 9.78. The highest BCUT2D eigenvalue weighted by molar-refractivity contribution is 9.11. The van der Waals surface area contributed by atoms with Crippen LogP contribution in [0.5, 0.6) is 0 Å². The smallest absolute Gasteiger partial charge is 0.0701 e. The maximum Gasteiger partial charge on any atom is 0.0701 e. The second kappa shape index (κ2) is 6.39. The minimum Gasteiger partial charge on any atom is -0.271 e. The summed E-state index contributed by atoms with van der Waals surface area (Å²) in [5, 5.41) is 0. The SMILES string of the molecule is NNC(Cc1ccc(Br)s1)C1CCCc2ccccc21. The quantitative estimate of drug-likeness (QED) is 0.645. The molecule has 0 bridgehead atoms. The molecule has 1 aromatic carbocycles. The summed E-state index contributed by atoms with van der Waals surface area (Å²) in [6, 6.07) is 13.4. The largest absolute Gasteiger partial charge is 0.271 e. The van der Waals surface area contributed by atoms with Crippen molar-refractivity contribution in [2.45, 2.75) is 37.6 Å². The van der Waals surface area contributed by atoms with E-state index in [2.05, 4.69) is 57.8 Å². The van der Waals surface area contributed by atoms with Crippen LogP contribution < -0.4 is 11.3 Å². The van der Waals surface area contributed by atoms with Gasteiger partial charge in [-0.25, -0.2) is 0 Å². The van der Waals surface area contributed by atoms with Gasteiger partial charge < -0.3 is 0 Å². The first-order valence-corrected chi connectivity index (χ1v) is 8.67. The molecule has 2 aromatic rings. The van der Waals surface area contributed by atoms with Gasteiger partial charge in [-0.05, 0) is 64.9 Å². The highest BCUT2D eigenvalue weighted by Gasteiger charge is 2.27.